The highest BCUT2D eigenvalue weighted by Crippen LogP contribution is 2.30. The fraction of sp³-hybridized carbons (Fsp3) is 0.500. The van der Waals surface area contributed by atoms with Crippen LogP contribution in [0.2, 0.25) is 0 Å². The zero-order valence-electron chi connectivity index (χ0n) is 10.8. The van der Waals surface area contributed by atoms with Gasteiger partial charge in [-0.3, -0.25) is 10.1 Å². The van der Waals surface area contributed by atoms with Crippen molar-refractivity contribution in [1.29, 1.82) is 0 Å². The molecule has 1 atom stereocenters. The lowest BCUT2D eigenvalue weighted by Gasteiger charge is -2.33. The van der Waals surface area contributed by atoms with E-state index in [0.717, 1.165) is 6.42 Å². The van der Waals surface area contributed by atoms with E-state index in [1.54, 1.807) is 0 Å². The first-order valence-electron chi connectivity index (χ1n) is 6.34. The predicted molar refractivity (Wildman–Crippen MR) is 71.7 cm³/mol. The quantitative estimate of drug-likeness (QED) is 0.663. The van der Waals surface area contributed by atoms with Gasteiger partial charge in [-0.05, 0) is 18.9 Å². The van der Waals surface area contributed by atoms with E-state index in [9.17, 15) is 23.6 Å². The predicted octanol–water partition coefficient (Wildman–Crippen LogP) is 1.13. The minimum absolute atomic E-state index is 0.277. The summed E-state index contributed by atoms with van der Waals surface area (Å²) in [4.78, 5) is 9.96. The van der Waals surface area contributed by atoms with Gasteiger partial charge in [-0.25, -0.2) is 8.42 Å². The van der Waals surface area contributed by atoms with Gasteiger partial charge in [0.25, 0.3) is 5.69 Å². The van der Waals surface area contributed by atoms with Gasteiger partial charge < -0.3 is 5.11 Å². The summed E-state index contributed by atoms with van der Waals surface area (Å²) in [5.74, 6) is 0. The molecular weight excluding hydrogens is 284 g/mol. The standard InChI is InChI=1S/C12H16N2O5S/c15-9-10-5-3-4-8-13(10)20(18,19)12-7-2-1-6-11(12)14(16)17/h1-2,6-7,10,15H,3-5,8-9H2. The van der Waals surface area contributed by atoms with Gasteiger partial charge in [-0.1, -0.05) is 18.6 Å². The summed E-state index contributed by atoms with van der Waals surface area (Å²) in [7, 11) is -3.97. The van der Waals surface area contributed by atoms with E-state index in [2.05, 4.69) is 0 Å². The summed E-state index contributed by atoms with van der Waals surface area (Å²) in [6.45, 7) is -0.000526. The van der Waals surface area contributed by atoms with E-state index < -0.39 is 26.7 Å². The molecule has 110 valence electrons. The molecule has 1 aromatic rings. The van der Waals surface area contributed by atoms with Crippen LogP contribution in [0.4, 0.5) is 5.69 Å². The molecular formula is C12H16N2O5S. The van der Waals surface area contributed by atoms with Crippen molar-refractivity contribution >= 4 is 15.7 Å². The van der Waals surface area contributed by atoms with Crippen LogP contribution in [0.15, 0.2) is 29.2 Å². The van der Waals surface area contributed by atoms with Crippen molar-refractivity contribution in [3.63, 3.8) is 0 Å². The molecule has 8 heteroatoms. The molecule has 0 bridgehead atoms. The molecule has 20 heavy (non-hydrogen) atoms. The first-order valence-corrected chi connectivity index (χ1v) is 7.78. The second kappa shape index (κ2) is 5.86. The molecule has 1 saturated heterocycles. The Morgan fingerprint density at radius 3 is 2.70 bits per heavy atom. The normalized spacial score (nSPS) is 20.8. The molecule has 2 rings (SSSR count). The van der Waals surface area contributed by atoms with Crippen LogP contribution >= 0.6 is 0 Å². The van der Waals surface area contributed by atoms with Crippen molar-refractivity contribution in [2.75, 3.05) is 13.2 Å². The SMILES string of the molecule is O=[N+]([O-])c1ccccc1S(=O)(=O)N1CCCCC1CO. The van der Waals surface area contributed by atoms with E-state index in [0.29, 0.717) is 12.8 Å². The van der Waals surface area contributed by atoms with Crippen molar-refractivity contribution in [3.8, 4) is 0 Å². The van der Waals surface area contributed by atoms with Crippen LogP contribution in [0.25, 0.3) is 0 Å². The number of hydrogen-bond acceptors (Lipinski definition) is 5. The molecule has 0 amide bonds. The Hall–Kier alpha value is -1.51. The number of nitro groups is 1. The number of nitro benzene ring substituents is 1. The minimum Gasteiger partial charge on any atom is -0.395 e. The van der Waals surface area contributed by atoms with Gasteiger partial charge in [-0.15, -0.1) is 0 Å². The topological polar surface area (TPSA) is 101 Å². The molecule has 1 aromatic carbocycles. The largest absolute Gasteiger partial charge is 0.395 e. The van der Waals surface area contributed by atoms with Crippen LogP contribution in [0.3, 0.4) is 0 Å². The fourth-order valence-corrected chi connectivity index (χ4v) is 4.27. The van der Waals surface area contributed by atoms with Gasteiger partial charge in [0.05, 0.1) is 11.5 Å². The molecule has 1 aliphatic heterocycles. The zero-order valence-corrected chi connectivity index (χ0v) is 11.6. The minimum atomic E-state index is -3.97. The summed E-state index contributed by atoms with van der Waals surface area (Å²) in [6, 6.07) is 4.78. The van der Waals surface area contributed by atoms with Crippen LogP contribution in [0.1, 0.15) is 19.3 Å². The van der Waals surface area contributed by atoms with E-state index in [-0.39, 0.29) is 18.0 Å². The molecule has 0 spiro atoms. The first-order chi connectivity index (χ1) is 9.48. The monoisotopic (exact) mass is 300 g/mol. The first kappa shape index (κ1) is 14.9. The molecule has 1 unspecified atom stereocenters. The molecule has 0 aliphatic carbocycles. The molecule has 1 aliphatic rings. The summed E-state index contributed by atoms with van der Waals surface area (Å²) in [5, 5.41) is 20.3. The Morgan fingerprint density at radius 2 is 2.05 bits per heavy atom. The van der Waals surface area contributed by atoms with Crippen LogP contribution in [-0.4, -0.2) is 41.9 Å². The Morgan fingerprint density at radius 1 is 1.35 bits per heavy atom. The number of piperidine rings is 1. The number of aliphatic hydroxyl groups excluding tert-OH is 1. The highest BCUT2D eigenvalue weighted by atomic mass is 32.2. The van der Waals surface area contributed by atoms with Crippen molar-refractivity contribution in [2.45, 2.75) is 30.2 Å². The number of benzene rings is 1. The van der Waals surface area contributed by atoms with Crippen molar-refractivity contribution in [3.05, 3.63) is 34.4 Å². The summed E-state index contributed by atoms with van der Waals surface area (Å²) in [5.41, 5.74) is -0.435. The maximum atomic E-state index is 12.6. The van der Waals surface area contributed by atoms with E-state index in [1.807, 2.05) is 0 Å². The van der Waals surface area contributed by atoms with Gasteiger partial charge >= 0.3 is 0 Å². The Bertz CT molecular complexity index is 602. The van der Waals surface area contributed by atoms with Gasteiger partial charge in [-0.2, -0.15) is 4.31 Å². The number of hydrogen-bond donors (Lipinski definition) is 1. The third-order valence-electron chi connectivity index (χ3n) is 3.43. The number of sulfonamides is 1. The summed E-state index contributed by atoms with van der Waals surface area (Å²) in [6.07, 6.45) is 2.10. The average Bonchev–Trinajstić information content (AvgIpc) is 2.47. The molecule has 1 N–H and O–H groups in total. The molecule has 0 saturated carbocycles. The Kier molecular flexibility index (Phi) is 4.36. The van der Waals surface area contributed by atoms with E-state index in [1.165, 1.54) is 28.6 Å². The van der Waals surface area contributed by atoms with Crippen molar-refractivity contribution in [2.24, 2.45) is 0 Å². The molecule has 1 heterocycles. The van der Waals surface area contributed by atoms with Crippen LogP contribution in [0.5, 0.6) is 0 Å². The summed E-state index contributed by atoms with van der Waals surface area (Å²) >= 11 is 0. The van der Waals surface area contributed by atoms with Crippen LogP contribution in [-0.2, 0) is 10.0 Å². The lowest BCUT2D eigenvalue weighted by Crippen LogP contribution is -2.45. The van der Waals surface area contributed by atoms with Gasteiger partial charge in [0.2, 0.25) is 10.0 Å². The van der Waals surface area contributed by atoms with Gasteiger partial charge in [0, 0.05) is 18.7 Å². The maximum Gasteiger partial charge on any atom is 0.289 e. The average molecular weight is 300 g/mol. The highest BCUT2D eigenvalue weighted by Gasteiger charge is 2.36. The number of aliphatic hydroxyl groups is 1. The van der Waals surface area contributed by atoms with Gasteiger partial charge in [0.1, 0.15) is 0 Å². The van der Waals surface area contributed by atoms with E-state index >= 15 is 0 Å². The fourth-order valence-electron chi connectivity index (χ4n) is 2.43. The molecule has 0 aromatic heterocycles. The lowest BCUT2D eigenvalue weighted by atomic mass is 10.1. The molecule has 0 radical (unpaired) electrons. The number of nitrogens with zero attached hydrogens (tertiary/aromatic N) is 2. The third-order valence-corrected chi connectivity index (χ3v) is 5.43. The van der Waals surface area contributed by atoms with Crippen LogP contribution in [0, 0.1) is 10.1 Å². The van der Waals surface area contributed by atoms with Crippen LogP contribution < -0.4 is 0 Å². The Balaban J connectivity index is 2.47. The van der Waals surface area contributed by atoms with Crippen molar-refractivity contribution < 1.29 is 18.4 Å². The van der Waals surface area contributed by atoms with E-state index in [4.69, 9.17) is 0 Å². The van der Waals surface area contributed by atoms with Crippen molar-refractivity contribution in [1.82, 2.24) is 4.31 Å². The second-order valence-electron chi connectivity index (χ2n) is 4.67. The smallest absolute Gasteiger partial charge is 0.289 e. The zero-order chi connectivity index (χ0) is 14.8. The van der Waals surface area contributed by atoms with Gasteiger partial charge in [0.15, 0.2) is 4.90 Å². The molecule has 1 fully saturated rings. The number of para-hydroxylation sites is 1. The Labute approximate surface area is 117 Å². The maximum absolute atomic E-state index is 12.6. The lowest BCUT2D eigenvalue weighted by molar-refractivity contribution is -0.387. The highest BCUT2D eigenvalue weighted by molar-refractivity contribution is 7.89. The molecule has 7 nitrogen and oxygen atoms in total. The summed E-state index contributed by atoms with van der Waals surface area (Å²) < 4.78 is 26.4. The number of rotatable bonds is 4. The third kappa shape index (κ3) is 2.67. The second-order valence-corrected chi connectivity index (χ2v) is 6.53.